The zero-order valence-electron chi connectivity index (χ0n) is 34.0. The van der Waals surface area contributed by atoms with Crippen molar-refractivity contribution < 1.29 is 38.7 Å². The summed E-state index contributed by atoms with van der Waals surface area (Å²) in [6.07, 6.45) is 1.50. The zero-order chi connectivity index (χ0) is 40.8. The van der Waals surface area contributed by atoms with Gasteiger partial charge in [-0.2, -0.15) is 0 Å². The van der Waals surface area contributed by atoms with Crippen LogP contribution in [0.1, 0.15) is 82.1 Å². The second-order valence-corrected chi connectivity index (χ2v) is 15.6. The fourth-order valence-electron chi connectivity index (χ4n) is 8.55. The number of hydrogen-bond acceptors (Lipinski definition) is 8. The first kappa shape index (κ1) is 42.1. The highest BCUT2D eigenvalue weighted by Gasteiger charge is 2.61. The maximum atomic E-state index is 16.0. The van der Waals surface area contributed by atoms with Crippen molar-refractivity contribution >= 4 is 11.8 Å². The van der Waals surface area contributed by atoms with Gasteiger partial charge in [0.25, 0.3) is 0 Å². The summed E-state index contributed by atoms with van der Waals surface area (Å²) in [5.74, 6) is -0.0627. The molecule has 4 aromatic carbocycles. The van der Waals surface area contributed by atoms with E-state index in [0.29, 0.717) is 51.7 Å². The van der Waals surface area contributed by atoms with E-state index in [-0.39, 0.29) is 37.5 Å². The van der Waals surface area contributed by atoms with Crippen LogP contribution in [0.2, 0.25) is 0 Å². The first-order valence-electron chi connectivity index (χ1n) is 19.4. The van der Waals surface area contributed by atoms with E-state index in [4.69, 9.17) is 24.7 Å². The Bertz CT molecular complexity index is 1760. The first-order chi connectivity index (χ1) is 26.8. The number of amides is 2. The number of benzene rings is 4. The molecule has 0 heterocycles. The lowest BCUT2D eigenvalue weighted by atomic mass is 9.64. The van der Waals surface area contributed by atoms with Crippen LogP contribution in [0.3, 0.4) is 0 Å². The third-order valence-electron chi connectivity index (χ3n) is 11.4. The zero-order valence-corrected chi connectivity index (χ0v) is 34.0. The number of ether oxygens (including phenoxy) is 4. The van der Waals surface area contributed by atoms with Gasteiger partial charge in [-0.1, -0.05) is 107 Å². The Morgan fingerprint density at radius 2 is 0.893 bits per heavy atom. The first-order valence-corrected chi connectivity index (χ1v) is 19.4. The summed E-state index contributed by atoms with van der Waals surface area (Å²) in [6.45, 7) is 8.05. The maximum absolute atomic E-state index is 16.0. The molecule has 10 nitrogen and oxygen atoms in total. The van der Waals surface area contributed by atoms with Gasteiger partial charge in [0.05, 0.1) is 40.5 Å². The van der Waals surface area contributed by atoms with Crippen molar-refractivity contribution in [1.29, 1.82) is 0 Å². The molecule has 4 aromatic rings. The molecular weight excluding hydrogens is 709 g/mol. The van der Waals surface area contributed by atoms with Crippen molar-refractivity contribution in [3.8, 4) is 23.0 Å². The quantitative estimate of drug-likeness (QED) is 0.0904. The summed E-state index contributed by atoms with van der Waals surface area (Å²) >= 11 is 0. The van der Waals surface area contributed by atoms with Crippen LogP contribution in [0.25, 0.3) is 0 Å². The minimum absolute atomic E-state index is 0.123. The van der Waals surface area contributed by atoms with Crippen molar-refractivity contribution in [3.05, 3.63) is 119 Å². The van der Waals surface area contributed by atoms with Crippen molar-refractivity contribution in [2.24, 2.45) is 23.0 Å². The molecule has 56 heavy (non-hydrogen) atoms. The van der Waals surface area contributed by atoms with Gasteiger partial charge in [0.2, 0.25) is 11.8 Å². The standard InChI is InChI=1S/C46H58N2O8/c1-30(2)28-40(45(51,32-18-9-13-22-36(32)53-5)33-19-10-14-23-37(33)54-6)48(43(50)44(42(47)49)26-17-27-44)41(29-31(3)4)46(52,34-20-11-15-24-38(34)55-7)35-21-12-16-25-39(35)56-8/h9-16,18-25,30-31,40-41,51-52H,17,26-29H2,1-8H3,(H2,47,49)/t40-,41-/m1/s1. The van der Waals surface area contributed by atoms with E-state index in [1.807, 2.05) is 52.0 Å². The number of carbonyl (C=O) groups excluding carboxylic acids is 2. The molecule has 300 valence electrons. The van der Waals surface area contributed by atoms with E-state index in [9.17, 15) is 15.0 Å². The predicted molar refractivity (Wildman–Crippen MR) is 217 cm³/mol. The monoisotopic (exact) mass is 766 g/mol. The van der Waals surface area contributed by atoms with Gasteiger partial charge < -0.3 is 39.8 Å². The third kappa shape index (κ3) is 7.44. The van der Waals surface area contributed by atoms with E-state index < -0.39 is 40.5 Å². The number of rotatable bonds is 18. The number of aliphatic hydroxyl groups is 2. The van der Waals surface area contributed by atoms with Crippen LogP contribution in [-0.2, 0) is 20.8 Å². The van der Waals surface area contributed by atoms with E-state index >= 15 is 4.79 Å². The summed E-state index contributed by atoms with van der Waals surface area (Å²) in [5.41, 5.74) is 2.02. The van der Waals surface area contributed by atoms with Gasteiger partial charge in [-0.25, -0.2) is 0 Å². The molecule has 0 aromatic heterocycles. The van der Waals surface area contributed by atoms with Crippen LogP contribution in [0.4, 0.5) is 0 Å². The predicted octanol–water partition coefficient (Wildman–Crippen LogP) is 7.21. The van der Waals surface area contributed by atoms with Crippen LogP contribution < -0.4 is 24.7 Å². The molecule has 1 saturated carbocycles. The number of nitrogens with zero attached hydrogens (tertiary/aromatic N) is 1. The highest BCUT2D eigenvalue weighted by Crippen LogP contribution is 2.53. The molecule has 0 radical (unpaired) electrons. The second-order valence-electron chi connectivity index (χ2n) is 15.6. The van der Waals surface area contributed by atoms with E-state index in [1.54, 1.807) is 77.7 Å². The van der Waals surface area contributed by atoms with Gasteiger partial charge in [-0.05, 0) is 61.8 Å². The van der Waals surface area contributed by atoms with Crippen LogP contribution in [0.15, 0.2) is 97.1 Å². The van der Waals surface area contributed by atoms with Crippen molar-refractivity contribution in [2.75, 3.05) is 28.4 Å². The van der Waals surface area contributed by atoms with Crippen LogP contribution in [-0.4, -0.2) is 67.5 Å². The molecule has 0 spiro atoms. The summed E-state index contributed by atoms with van der Waals surface area (Å²) in [6, 6.07) is 26.3. The Balaban J connectivity index is 2.03. The van der Waals surface area contributed by atoms with Gasteiger partial charge in [-0.15, -0.1) is 0 Å². The topological polar surface area (TPSA) is 141 Å². The smallest absolute Gasteiger partial charge is 0.239 e. The third-order valence-corrected chi connectivity index (χ3v) is 11.4. The average Bonchev–Trinajstić information content (AvgIpc) is 3.18. The fourth-order valence-corrected chi connectivity index (χ4v) is 8.55. The van der Waals surface area contributed by atoms with Gasteiger partial charge in [-0.3, -0.25) is 9.59 Å². The number of primary amides is 1. The molecule has 0 unspecified atom stereocenters. The molecule has 10 heteroatoms. The van der Waals surface area contributed by atoms with E-state index in [0.717, 1.165) is 0 Å². The SMILES string of the molecule is COc1ccccc1C(O)(c1ccccc1OC)[C@@H](CC(C)C)N(C(=O)C1(C(N)=O)CCC1)[C@H](CC(C)C)C(O)(c1ccccc1OC)c1ccccc1OC. The number of methoxy groups -OCH3 is 4. The summed E-state index contributed by atoms with van der Waals surface area (Å²) in [4.78, 5) is 31.3. The number of para-hydroxylation sites is 4. The molecule has 5 rings (SSSR count). The van der Waals surface area contributed by atoms with Gasteiger partial charge in [0.15, 0.2) is 0 Å². The van der Waals surface area contributed by atoms with Crippen molar-refractivity contribution in [2.45, 2.75) is 83.1 Å². The second kappa shape index (κ2) is 17.4. The normalized spacial score (nSPS) is 15.1. The molecule has 0 saturated heterocycles. The Morgan fingerprint density at radius 3 is 1.11 bits per heavy atom. The highest BCUT2D eigenvalue weighted by atomic mass is 16.5. The Labute approximate surface area is 331 Å². The average molecular weight is 767 g/mol. The van der Waals surface area contributed by atoms with Crippen molar-refractivity contribution in [3.63, 3.8) is 0 Å². The largest absolute Gasteiger partial charge is 0.496 e. The van der Waals surface area contributed by atoms with E-state index in [1.165, 1.54) is 28.4 Å². The Hall–Kier alpha value is -5.06. The Morgan fingerprint density at radius 1 is 0.607 bits per heavy atom. The highest BCUT2D eigenvalue weighted by molar-refractivity contribution is 6.05. The van der Waals surface area contributed by atoms with Gasteiger partial charge in [0, 0.05) is 22.3 Å². The lowest BCUT2D eigenvalue weighted by Crippen LogP contribution is -2.68. The maximum Gasteiger partial charge on any atom is 0.239 e. The van der Waals surface area contributed by atoms with Crippen LogP contribution >= 0.6 is 0 Å². The molecule has 1 aliphatic rings. The van der Waals surface area contributed by atoms with E-state index in [2.05, 4.69) is 0 Å². The van der Waals surface area contributed by atoms with Crippen LogP contribution in [0.5, 0.6) is 23.0 Å². The molecule has 4 N–H and O–H groups in total. The Kier molecular flexibility index (Phi) is 13.1. The minimum atomic E-state index is -2.06. The lowest BCUT2D eigenvalue weighted by molar-refractivity contribution is -0.174. The van der Waals surface area contributed by atoms with Crippen LogP contribution in [0, 0.1) is 17.3 Å². The molecule has 0 aliphatic heterocycles. The molecule has 2 atom stereocenters. The summed E-state index contributed by atoms with van der Waals surface area (Å²) in [5, 5.41) is 28.2. The molecule has 2 amide bonds. The number of nitrogens with two attached hydrogens (primary N) is 1. The number of carbonyl (C=O) groups is 2. The molecule has 1 fully saturated rings. The molecule has 1 aliphatic carbocycles. The van der Waals surface area contributed by atoms with Gasteiger partial charge in [0.1, 0.15) is 39.6 Å². The molecular formula is C46H58N2O8. The summed E-state index contributed by atoms with van der Waals surface area (Å²) in [7, 11) is 6.12. The lowest BCUT2D eigenvalue weighted by Gasteiger charge is -2.55. The van der Waals surface area contributed by atoms with Crippen molar-refractivity contribution in [1.82, 2.24) is 4.90 Å². The van der Waals surface area contributed by atoms with Gasteiger partial charge >= 0.3 is 0 Å². The summed E-state index contributed by atoms with van der Waals surface area (Å²) < 4.78 is 23.8. The minimum Gasteiger partial charge on any atom is -0.496 e. The fraction of sp³-hybridized carbons (Fsp3) is 0.435. The number of hydrogen-bond donors (Lipinski definition) is 3. The molecule has 0 bridgehead atoms.